The second kappa shape index (κ2) is 6.22. The monoisotopic (exact) mass is 277 g/mol. The van der Waals surface area contributed by atoms with Crippen molar-refractivity contribution in [3.63, 3.8) is 0 Å². The molecule has 2 aliphatic heterocycles. The zero-order valence-corrected chi connectivity index (χ0v) is 12.8. The highest BCUT2D eigenvalue weighted by molar-refractivity contribution is 4.98. The lowest BCUT2D eigenvalue weighted by molar-refractivity contribution is 0.0152. The maximum atomic E-state index is 4.32. The van der Waals surface area contributed by atoms with Crippen molar-refractivity contribution >= 4 is 0 Å². The summed E-state index contributed by atoms with van der Waals surface area (Å²) in [5.41, 5.74) is 0. The number of aromatic nitrogens is 3. The third-order valence-electron chi connectivity index (χ3n) is 4.98. The molecular weight excluding hydrogens is 250 g/mol. The predicted octanol–water partition coefficient (Wildman–Crippen LogP) is 1.79. The smallest absolute Gasteiger partial charge is 0.147 e. The SMILES string of the molecule is CCNC1CC2CCCC(C1)N2Cc1nncn1CC. The van der Waals surface area contributed by atoms with Crippen molar-refractivity contribution in [2.75, 3.05) is 6.54 Å². The Morgan fingerprint density at radius 3 is 2.65 bits per heavy atom. The van der Waals surface area contributed by atoms with Gasteiger partial charge in [-0.15, -0.1) is 10.2 Å². The Hall–Kier alpha value is -0.940. The lowest BCUT2D eigenvalue weighted by Gasteiger charge is -2.48. The van der Waals surface area contributed by atoms with Gasteiger partial charge in [0.05, 0.1) is 6.54 Å². The summed E-state index contributed by atoms with van der Waals surface area (Å²) >= 11 is 0. The quantitative estimate of drug-likeness (QED) is 0.891. The van der Waals surface area contributed by atoms with Gasteiger partial charge in [0.2, 0.25) is 0 Å². The Morgan fingerprint density at radius 1 is 1.25 bits per heavy atom. The average Bonchev–Trinajstić information content (AvgIpc) is 2.87. The minimum atomic E-state index is 0.718. The first-order chi connectivity index (χ1) is 9.81. The van der Waals surface area contributed by atoms with Gasteiger partial charge < -0.3 is 9.88 Å². The van der Waals surface area contributed by atoms with Crippen LogP contribution in [0.3, 0.4) is 0 Å². The number of fused-ring (bicyclic) bond motifs is 2. The molecule has 3 heterocycles. The first-order valence-electron chi connectivity index (χ1n) is 8.17. The number of aryl methyl sites for hydroxylation is 1. The molecule has 20 heavy (non-hydrogen) atoms. The second-order valence-corrected chi connectivity index (χ2v) is 6.17. The molecule has 0 radical (unpaired) electrons. The molecule has 0 aliphatic carbocycles. The summed E-state index contributed by atoms with van der Waals surface area (Å²) < 4.78 is 2.17. The Morgan fingerprint density at radius 2 is 2.00 bits per heavy atom. The van der Waals surface area contributed by atoms with Crippen molar-refractivity contribution in [2.45, 2.75) is 77.2 Å². The van der Waals surface area contributed by atoms with Crippen molar-refractivity contribution in [3.8, 4) is 0 Å². The first kappa shape index (κ1) is 14.0. The molecule has 1 N–H and O–H groups in total. The van der Waals surface area contributed by atoms with Gasteiger partial charge in [-0.1, -0.05) is 13.3 Å². The lowest BCUT2D eigenvalue weighted by Crippen LogP contribution is -2.55. The molecule has 5 heteroatoms. The Bertz CT molecular complexity index is 416. The molecular formula is C15H27N5. The van der Waals surface area contributed by atoms with Crippen LogP contribution in [0.15, 0.2) is 6.33 Å². The minimum absolute atomic E-state index is 0.718. The van der Waals surface area contributed by atoms with E-state index < -0.39 is 0 Å². The van der Waals surface area contributed by atoms with Gasteiger partial charge in [0, 0.05) is 24.7 Å². The van der Waals surface area contributed by atoms with E-state index in [9.17, 15) is 0 Å². The highest BCUT2D eigenvalue weighted by Gasteiger charge is 2.38. The van der Waals surface area contributed by atoms with E-state index in [4.69, 9.17) is 0 Å². The van der Waals surface area contributed by atoms with Crippen molar-refractivity contribution < 1.29 is 0 Å². The predicted molar refractivity (Wildman–Crippen MR) is 79.4 cm³/mol. The van der Waals surface area contributed by atoms with Gasteiger partial charge in [-0.2, -0.15) is 0 Å². The molecule has 1 aromatic rings. The maximum Gasteiger partial charge on any atom is 0.147 e. The molecule has 112 valence electrons. The molecule has 0 aromatic carbocycles. The molecule has 2 atom stereocenters. The van der Waals surface area contributed by atoms with Crippen LogP contribution >= 0.6 is 0 Å². The van der Waals surface area contributed by atoms with Crippen LogP contribution in [-0.2, 0) is 13.1 Å². The number of nitrogens with one attached hydrogen (secondary N) is 1. The minimum Gasteiger partial charge on any atom is -0.317 e. The van der Waals surface area contributed by atoms with Crippen LogP contribution < -0.4 is 5.32 Å². The van der Waals surface area contributed by atoms with Crippen LogP contribution in [0.25, 0.3) is 0 Å². The van der Waals surface area contributed by atoms with Gasteiger partial charge in [0.1, 0.15) is 12.2 Å². The van der Waals surface area contributed by atoms with Gasteiger partial charge in [0.15, 0.2) is 0 Å². The Labute approximate surface area is 121 Å². The van der Waals surface area contributed by atoms with E-state index >= 15 is 0 Å². The summed E-state index contributed by atoms with van der Waals surface area (Å²) in [6.07, 6.45) is 8.54. The first-order valence-corrected chi connectivity index (χ1v) is 8.17. The standard InChI is InChI=1S/C15H27N5/c1-3-16-12-8-13-6-5-7-14(9-12)20(13)10-15-18-17-11-19(15)4-2/h11-14,16H,3-10H2,1-2H3. The number of nitrogens with zero attached hydrogens (tertiary/aromatic N) is 4. The fourth-order valence-electron chi connectivity index (χ4n) is 4.02. The molecule has 2 fully saturated rings. The van der Waals surface area contributed by atoms with Crippen LogP contribution in [0.4, 0.5) is 0 Å². The fourth-order valence-corrected chi connectivity index (χ4v) is 4.02. The van der Waals surface area contributed by atoms with Gasteiger partial charge in [-0.25, -0.2) is 0 Å². The fraction of sp³-hybridized carbons (Fsp3) is 0.867. The molecule has 1 aromatic heterocycles. The van der Waals surface area contributed by atoms with Crippen LogP contribution in [0.5, 0.6) is 0 Å². The number of hydrogen-bond donors (Lipinski definition) is 1. The third-order valence-corrected chi connectivity index (χ3v) is 4.98. The third kappa shape index (κ3) is 2.74. The molecule has 0 amide bonds. The zero-order valence-electron chi connectivity index (χ0n) is 12.8. The van der Waals surface area contributed by atoms with E-state index in [1.54, 1.807) is 0 Å². The summed E-state index contributed by atoms with van der Waals surface area (Å²) in [4.78, 5) is 2.70. The van der Waals surface area contributed by atoms with Crippen molar-refractivity contribution in [3.05, 3.63) is 12.2 Å². The second-order valence-electron chi connectivity index (χ2n) is 6.17. The molecule has 0 saturated carbocycles. The lowest BCUT2D eigenvalue weighted by atomic mass is 9.81. The highest BCUT2D eigenvalue weighted by atomic mass is 15.3. The topological polar surface area (TPSA) is 46.0 Å². The summed E-state index contributed by atoms with van der Waals surface area (Å²) in [5.74, 6) is 1.13. The summed E-state index contributed by atoms with van der Waals surface area (Å²) in [5, 5.41) is 12.0. The van der Waals surface area contributed by atoms with E-state index in [0.29, 0.717) is 0 Å². The van der Waals surface area contributed by atoms with Crippen LogP contribution in [0.1, 0.15) is 51.8 Å². The highest BCUT2D eigenvalue weighted by Crippen LogP contribution is 2.34. The molecule has 2 unspecified atom stereocenters. The number of piperidine rings is 2. The van der Waals surface area contributed by atoms with E-state index in [-0.39, 0.29) is 0 Å². The molecule has 0 spiro atoms. The molecule has 2 aliphatic rings. The van der Waals surface area contributed by atoms with Gasteiger partial charge >= 0.3 is 0 Å². The van der Waals surface area contributed by atoms with E-state index in [0.717, 1.165) is 43.6 Å². The normalized spacial score (nSPS) is 30.6. The average molecular weight is 277 g/mol. The molecule has 5 nitrogen and oxygen atoms in total. The van der Waals surface area contributed by atoms with Crippen molar-refractivity contribution in [2.24, 2.45) is 0 Å². The summed E-state index contributed by atoms with van der Waals surface area (Å²) in [6, 6.07) is 2.18. The van der Waals surface area contributed by atoms with Crippen molar-refractivity contribution in [1.29, 1.82) is 0 Å². The van der Waals surface area contributed by atoms with Crippen LogP contribution in [-0.4, -0.2) is 44.3 Å². The largest absolute Gasteiger partial charge is 0.317 e. The summed E-state index contributed by atoms with van der Waals surface area (Å²) in [7, 11) is 0. The van der Waals surface area contributed by atoms with Crippen LogP contribution in [0.2, 0.25) is 0 Å². The molecule has 2 bridgehead atoms. The van der Waals surface area contributed by atoms with Gasteiger partial charge in [-0.3, -0.25) is 4.90 Å². The zero-order chi connectivity index (χ0) is 13.9. The number of hydrogen-bond acceptors (Lipinski definition) is 4. The van der Waals surface area contributed by atoms with Crippen molar-refractivity contribution in [1.82, 2.24) is 25.0 Å². The Balaban J connectivity index is 1.70. The Kier molecular flexibility index (Phi) is 4.36. The number of rotatable bonds is 5. The van der Waals surface area contributed by atoms with E-state index in [1.807, 2.05) is 6.33 Å². The van der Waals surface area contributed by atoms with E-state index in [2.05, 4.69) is 38.8 Å². The molecule has 3 rings (SSSR count). The van der Waals surface area contributed by atoms with Gasteiger partial charge in [0.25, 0.3) is 0 Å². The maximum absolute atomic E-state index is 4.32. The van der Waals surface area contributed by atoms with Crippen LogP contribution in [0, 0.1) is 0 Å². The molecule has 2 saturated heterocycles. The van der Waals surface area contributed by atoms with E-state index in [1.165, 1.54) is 32.1 Å². The van der Waals surface area contributed by atoms with Gasteiger partial charge in [-0.05, 0) is 39.2 Å². The summed E-state index contributed by atoms with van der Waals surface area (Å²) in [6.45, 7) is 7.40.